The third-order valence-electron chi connectivity index (χ3n) is 4.83. The van der Waals surface area contributed by atoms with Crippen molar-refractivity contribution < 1.29 is 38.4 Å². The first-order valence-electron chi connectivity index (χ1n) is 9.08. The molecule has 0 saturated carbocycles. The summed E-state index contributed by atoms with van der Waals surface area (Å²) in [5, 5.41) is 38.2. The number of carbonyl (C=O) groups excluding carboxylic acids is 1. The van der Waals surface area contributed by atoms with Gasteiger partial charge in [-0.1, -0.05) is 12.1 Å². The highest BCUT2D eigenvalue weighted by Gasteiger charge is 2.44. The lowest BCUT2D eigenvalue weighted by atomic mass is 10.1. The summed E-state index contributed by atoms with van der Waals surface area (Å²) >= 11 is 0. The Hall–Kier alpha value is -3.37. The predicted molar refractivity (Wildman–Crippen MR) is 104 cm³/mol. The fraction of sp³-hybridized carbons (Fsp3) is 0.294. The van der Waals surface area contributed by atoms with Crippen LogP contribution >= 0.6 is 0 Å². The topological polar surface area (TPSA) is 217 Å². The minimum atomic E-state index is -4.71. The van der Waals surface area contributed by atoms with Crippen LogP contribution in [0.5, 0.6) is 5.75 Å². The molecule has 1 fully saturated rings. The molecule has 14 nitrogen and oxygen atoms in total. The van der Waals surface area contributed by atoms with Crippen molar-refractivity contribution in [2.24, 2.45) is 0 Å². The van der Waals surface area contributed by atoms with E-state index in [2.05, 4.69) is 9.97 Å². The van der Waals surface area contributed by atoms with E-state index < -0.39 is 63.5 Å². The number of fused-ring (bicyclic) bond motifs is 1. The van der Waals surface area contributed by atoms with Gasteiger partial charge in [0, 0.05) is 0 Å². The summed E-state index contributed by atoms with van der Waals surface area (Å²) < 4.78 is 33.4. The van der Waals surface area contributed by atoms with E-state index in [1.807, 2.05) is 4.98 Å². The molecule has 6 N–H and O–H groups in total. The zero-order valence-electron chi connectivity index (χ0n) is 16.0. The molecule has 170 valence electrons. The number of carbonyl (C=O) groups is 1. The maximum absolute atomic E-state index is 12.7. The van der Waals surface area contributed by atoms with Crippen LogP contribution in [0.25, 0.3) is 11.2 Å². The number of aromatic amines is 1. The number of H-pyrrole nitrogens is 1. The first-order chi connectivity index (χ1) is 15.1. The van der Waals surface area contributed by atoms with E-state index in [0.29, 0.717) is 0 Å². The van der Waals surface area contributed by atoms with Crippen LogP contribution in [0.3, 0.4) is 0 Å². The molecule has 0 radical (unpaired) electrons. The average molecular weight is 467 g/mol. The summed E-state index contributed by atoms with van der Waals surface area (Å²) in [6, 6.07) is 5.23. The number of aliphatic hydroxyl groups excluding tert-OH is 3. The highest BCUT2D eigenvalue weighted by Crippen LogP contribution is 2.30. The molecule has 0 spiro atoms. The average Bonchev–Trinajstić information content (AvgIpc) is 3.29. The van der Waals surface area contributed by atoms with Crippen LogP contribution in [-0.2, 0) is 14.8 Å². The Kier molecular flexibility index (Phi) is 5.43. The summed E-state index contributed by atoms with van der Waals surface area (Å²) in [5.74, 6) is -1.62. The van der Waals surface area contributed by atoms with E-state index in [9.17, 15) is 38.4 Å². The number of nitrogens with zero attached hydrogens (tertiary/aromatic N) is 3. The number of benzene rings is 1. The van der Waals surface area contributed by atoms with Gasteiger partial charge in [0.25, 0.3) is 26.6 Å². The monoisotopic (exact) mass is 467 g/mol. The van der Waals surface area contributed by atoms with Gasteiger partial charge in [0.1, 0.15) is 24.1 Å². The number of aromatic hydroxyl groups is 1. The number of para-hydroxylation sites is 1. The summed E-state index contributed by atoms with van der Waals surface area (Å²) in [5.41, 5.74) is -1.90. The fourth-order valence-corrected chi connectivity index (χ4v) is 4.10. The number of sulfonamides is 1. The third kappa shape index (κ3) is 3.61. The summed E-state index contributed by atoms with van der Waals surface area (Å²) in [6.45, 7) is -0.604. The predicted octanol–water partition coefficient (Wildman–Crippen LogP) is -2.44. The Bertz CT molecular complexity index is 1350. The van der Waals surface area contributed by atoms with Gasteiger partial charge in [0.05, 0.1) is 18.5 Å². The van der Waals surface area contributed by atoms with Crippen LogP contribution in [0.15, 0.2) is 40.5 Å². The lowest BCUT2D eigenvalue weighted by molar-refractivity contribution is -0.0511. The number of hydrogen-bond acceptors (Lipinski definition) is 11. The molecule has 2 unspecified atom stereocenters. The Labute approximate surface area is 178 Å². The molecule has 4 rings (SSSR count). The van der Waals surface area contributed by atoms with Crippen LogP contribution in [0.1, 0.15) is 16.6 Å². The number of aliphatic hydroxyl groups is 3. The highest BCUT2D eigenvalue weighted by atomic mass is 32.2. The molecular weight excluding hydrogens is 450 g/mol. The lowest BCUT2D eigenvalue weighted by Crippen LogP contribution is -2.34. The maximum Gasteiger partial charge on any atom is 0.298 e. The Morgan fingerprint density at radius 1 is 1.25 bits per heavy atom. The number of nitrogens with one attached hydrogen (secondary N) is 2. The van der Waals surface area contributed by atoms with E-state index in [1.54, 1.807) is 4.72 Å². The van der Waals surface area contributed by atoms with Crippen molar-refractivity contribution in [2.75, 3.05) is 6.61 Å². The smallest absolute Gasteiger partial charge is 0.298 e. The molecule has 3 aromatic rings. The minimum Gasteiger partial charge on any atom is -0.507 e. The van der Waals surface area contributed by atoms with Crippen LogP contribution in [0.2, 0.25) is 0 Å². The normalized spacial score (nSPS) is 23.5. The Morgan fingerprint density at radius 2 is 1.97 bits per heavy atom. The number of phenolic OH excluding ortho intramolecular Hbond substituents is 1. The van der Waals surface area contributed by atoms with Crippen molar-refractivity contribution >= 4 is 27.1 Å². The van der Waals surface area contributed by atoms with Gasteiger partial charge in [-0.3, -0.25) is 19.1 Å². The SMILES string of the molecule is O=C(NS(=O)(=O)c1nc2c(ncn2[C@@H]2O[C@H](CO)C(O)C2O)c(=O)[nH]1)c1ccccc1O. The largest absolute Gasteiger partial charge is 0.507 e. The van der Waals surface area contributed by atoms with Gasteiger partial charge in [0.15, 0.2) is 17.4 Å². The number of ether oxygens (including phenoxy) is 1. The molecule has 0 aliphatic carbocycles. The number of hydrogen-bond donors (Lipinski definition) is 6. The summed E-state index contributed by atoms with van der Waals surface area (Å²) in [4.78, 5) is 34.3. The molecule has 4 atom stereocenters. The lowest BCUT2D eigenvalue weighted by Gasteiger charge is -2.16. The van der Waals surface area contributed by atoms with E-state index in [1.165, 1.54) is 24.3 Å². The third-order valence-corrected chi connectivity index (χ3v) is 5.99. The van der Waals surface area contributed by atoms with Crippen molar-refractivity contribution in [2.45, 2.75) is 29.7 Å². The minimum absolute atomic E-state index is 0.297. The van der Waals surface area contributed by atoms with Crippen molar-refractivity contribution in [3.8, 4) is 5.75 Å². The number of imidazole rings is 1. The number of aromatic nitrogens is 4. The first kappa shape index (κ1) is 21.8. The van der Waals surface area contributed by atoms with Crippen LogP contribution < -0.4 is 10.3 Å². The van der Waals surface area contributed by atoms with Gasteiger partial charge in [-0.05, 0) is 12.1 Å². The molecule has 1 aliphatic rings. The first-order valence-corrected chi connectivity index (χ1v) is 10.6. The van der Waals surface area contributed by atoms with E-state index >= 15 is 0 Å². The summed E-state index contributed by atoms with van der Waals surface area (Å²) in [6.07, 6.45) is -4.40. The number of amides is 1. The Balaban J connectivity index is 1.73. The molecule has 1 aromatic carbocycles. The zero-order chi connectivity index (χ0) is 23.2. The quantitative estimate of drug-likeness (QED) is 0.216. The summed E-state index contributed by atoms with van der Waals surface area (Å²) in [7, 11) is -4.71. The van der Waals surface area contributed by atoms with Crippen LogP contribution in [-0.4, -0.2) is 79.2 Å². The zero-order valence-corrected chi connectivity index (χ0v) is 16.8. The van der Waals surface area contributed by atoms with E-state index in [0.717, 1.165) is 10.9 Å². The van der Waals surface area contributed by atoms with Gasteiger partial charge in [0.2, 0.25) is 0 Å². The standard InChI is InChI=1S/C17H17N5O9S/c23-5-9-11(25)12(26)16(31-9)22-6-18-10-13(22)19-17(20-15(10)28)32(29,30)21-14(27)7-3-1-2-4-8(7)24/h1-4,6,9,11-12,16,23-26H,5H2,(H,21,27)(H,19,20,28)/t9-,11?,12?,16-/m1/s1. The molecule has 1 amide bonds. The molecule has 15 heteroatoms. The number of phenols is 1. The second-order valence-electron chi connectivity index (χ2n) is 6.88. The van der Waals surface area contributed by atoms with E-state index in [4.69, 9.17) is 4.74 Å². The molecule has 1 saturated heterocycles. The molecule has 0 bridgehead atoms. The molecule has 32 heavy (non-hydrogen) atoms. The van der Waals surface area contributed by atoms with Gasteiger partial charge >= 0.3 is 0 Å². The van der Waals surface area contributed by atoms with Crippen molar-refractivity contribution in [3.05, 3.63) is 46.5 Å². The fourth-order valence-electron chi connectivity index (χ4n) is 3.22. The highest BCUT2D eigenvalue weighted by molar-refractivity contribution is 7.89. The van der Waals surface area contributed by atoms with Gasteiger partial charge in [-0.15, -0.1) is 0 Å². The van der Waals surface area contributed by atoms with Gasteiger partial charge < -0.3 is 25.2 Å². The van der Waals surface area contributed by atoms with Crippen molar-refractivity contribution in [1.82, 2.24) is 24.2 Å². The maximum atomic E-state index is 12.7. The van der Waals surface area contributed by atoms with Crippen LogP contribution in [0.4, 0.5) is 0 Å². The molecular formula is C17H17N5O9S. The molecule has 3 heterocycles. The van der Waals surface area contributed by atoms with Crippen molar-refractivity contribution in [1.29, 1.82) is 0 Å². The Morgan fingerprint density at radius 3 is 2.62 bits per heavy atom. The van der Waals surface area contributed by atoms with Gasteiger partial charge in [-0.2, -0.15) is 13.4 Å². The molecule has 2 aromatic heterocycles. The second-order valence-corrected chi connectivity index (χ2v) is 8.47. The van der Waals surface area contributed by atoms with E-state index in [-0.39, 0.29) is 16.7 Å². The second kappa shape index (κ2) is 7.95. The number of rotatable bonds is 5. The van der Waals surface area contributed by atoms with Crippen LogP contribution in [0, 0.1) is 0 Å². The van der Waals surface area contributed by atoms with Crippen molar-refractivity contribution in [3.63, 3.8) is 0 Å². The van der Waals surface area contributed by atoms with Gasteiger partial charge in [-0.25, -0.2) is 9.71 Å². The molecule has 1 aliphatic heterocycles.